The molecule has 2 rings (SSSR count). The van der Waals surface area contributed by atoms with Gasteiger partial charge in [0.25, 0.3) is 5.91 Å². The average molecular weight is 392 g/mol. The first-order valence-electron chi connectivity index (χ1n) is 6.56. The third-order valence-corrected chi connectivity index (χ3v) is 3.92. The van der Waals surface area contributed by atoms with Gasteiger partial charge in [0.15, 0.2) is 0 Å². The second kappa shape index (κ2) is 7.82. The van der Waals surface area contributed by atoms with Gasteiger partial charge in [0, 0.05) is 0 Å². The van der Waals surface area contributed by atoms with Crippen LogP contribution in [0.15, 0.2) is 52.5 Å². The summed E-state index contributed by atoms with van der Waals surface area (Å²) in [6.07, 6.45) is 1.50. The van der Waals surface area contributed by atoms with Crippen LogP contribution in [0.5, 0.6) is 5.75 Å². The molecule has 23 heavy (non-hydrogen) atoms. The van der Waals surface area contributed by atoms with Gasteiger partial charge in [-0.05, 0) is 51.8 Å². The minimum atomic E-state index is -0.521. The Bertz CT molecular complexity index is 812. The first-order chi connectivity index (χ1) is 11.0. The van der Waals surface area contributed by atoms with E-state index >= 15 is 0 Å². The quantitative estimate of drug-likeness (QED) is 0.609. The largest absolute Gasteiger partial charge is 0.496 e. The normalized spacial score (nSPS) is 10.8. The van der Waals surface area contributed by atoms with Crippen molar-refractivity contribution in [2.24, 2.45) is 0 Å². The Hall–Kier alpha value is -2.29. The van der Waals surface area contributed by atoms with Crippen LogP contribution in [-0.4, -0.2) is 13.0 Å². The summed E-state index contributed by atoms with van der Waals surface area (Å²) in [6.45, 7) is 0. The fourth-order valence-corrected chi connectivity index (χ4v) is 2.58. The number of carbonyl (C=O) groups is 1. The number of nitrogens with zero attached hydrogens (tertiary/aromatic N) is 1. The Kier molecular flexibility index (Phi) is 5.80. The van der Waals surface area contributed by atoms with Crippen LogP contribution in [0, 0.1) is 11.3 Å². The minimum absolute atomic E-state index is 0.0259. The Morgan fingerprint density at radius 1 is 1.35 bits per heavy atom. The summed E-state index contributed by atoms with van der Waals surface area (Å²) in [4.78, 5) is 12.2. The number of nitriles is 1. The van der Waals surface area contributed by atoms with E-state index in [2.05, 4.69) is 21.2 Å². The average Bonchev–Trinajstić information content (AvgIpc) is 2.54. The Labute approximate surface area is 147 Å². The monoisotopic (exact) mass is 390 g/mol. The number of nitrogens with one attached hydrogen (secondary N) is 1. The van der Waals surface area contributed by atoms with Gasteiger partial charge < -0.3 is 10.1 Å². The fraction of sp³-hybridized carbons (Fsp3) is 0.0588. The third kappa shape index (κ3) is 4.35. The number of hydrogen-bond donors (Lipinski definition) is 1. The van der Waals surface area contributed by atoms with Gasteiger partial charge in [-0.2, -0.15) is 5.26 Å². The summed E-state index contributed by atoms with van der Waals surface area (Å²) < 4.78 is 5.88. The highest BCUT2D eigenvalue weighted by Gasteiger charge is 2.11. The molecule has 2 aromatic rings. The van der Waals surface area contributed by atoms with E-state index in [0.29, 0.717) is 22.0 Å². The highest BCUT2D eigenvalue weighted by Crippen LogP contribution is 2.27. The molecule has 0 aliphatic heterocycles. The van der Waals surface area contributed by atoms with Crippen molar-refractivity contribution < 1.29 is 9.53 Å². The molecule has 0 saturated heterocycles. The van der Waals surface area contributed by atoms with E-state index in [4.69, 9.17) is 16.3 Å². The zero-order chi connectivity index (χ0) is 16.8. The topological polar surface area (TPSA) is 62.1 Å². The molecule has 0 aliphatic rings. The lowest BCUT2D eigenvalue weighted by Gasteiger charge is -2.07. The smallest absolute Gasteiger partial charge is 0.266 e. The highest BCUT2D eigenvalue weighted by atomic mass is 79.9. The number of carbonyl (C=O) groups excluding carboxylic acids is 1. The summed E-state index contributed by atoms with van der Waals surface area (Å²) in [5.74, 6) is 0.147. The molecule has 1 amide bonds. The zero-order valence-electron chi connectivity index (χ0n) is 12.1. The molecular weight excluding hydrogens is 380 g/mol. The van der Waals surface area contributed by atoms with E-state index in [1.165, 1.54) is 6.08 Å². The molecule has 0 unspecified atom stereocenters. The maximum absolute atomic E-state index is 12.2. The molecule has 0 heterocycles. The Balaban J connectivity index is 2.25. The maximum atomic E-state index is 12.2. The standard InChI is InChI=1S/C17H12BrClN2O2/c1-23-16-7-6-11(9-13(16)18)8-12(10-20)17(22)21-15-5-3-2-4-14(15)19/h2-9H,1H3,(H,21,22)/b12-8-. The molecule has 4 nitrogen and oxygen atoms in total. The van der Waals surface area contributed by atoms with Crippen LogP contribution in [0.25, 0.3) is 6.08 Å². The Morgan fingerprint density at radius 2 is 2.09 bits per heavy atom. The van der Waals surface area contributed by atoms with Crippen LogP contribution in [0.1, 0.15) is 5.56 Å². The number of halogens is 2. The fourth-order valence-electron chi connectivity index (χ4n) is 1.84. The predicted molar refractivity (Wildman–Crippen MR) is 94.4 cm³/mol. The van der Waals surface area contributed by atoms with Crippen LogP contribution in [-0.2, 0) is 4.79 Å². The lowest BCUT2D eigenvalue weighted by molar-refractivity contribution is -0.112. The lowest BCUT2D eigenvalue weighted by Crippen LogP contribution is -2.13. The van der Waals surface area contributed by atoms with Crippen molar-refractivity contribution in [3.05, 3.63) is 63.1 Å². The van der Waals surface area contributed by atoms with Gasteiger partial charge in [-0.1, -0.05) is 29.8 Å². The van der Waals surface area contributed by atoms with Gasteiger partial charge in [0.2, 0.25) is 0 Å². The van der Waals surface area contributed by atoms with Crippen molar-refractivity contribution in [2.45, 2.75) is 0 Å². The van der Waals surface area contributed by atoms with Crippen LogP contribution in [0.3, 0.4) is 0 Å². The van der Waals surface area contributed by atoms with Gasteiger partial charge in [-0.15, -0.1) is 0 Å². The van der Waals surface area contributed by atoms with Crippen LogP contribution < -0.4 is 10.1 Å². The number of rotatable bonds is 4. The number of anilines is 1. The number of ether oxygens (including phenoxy) is 1. The van der Waals surface area contributed by atoms with E-state index in [1.807, 2.05) is 6.07 Å². The van der Waals surface area contributed by atoms with Gasteiger partial charge in [0.1, 0.15) is 17.4 Å². The van der Waals surface area contributed by atoms with Crippen molar-refractivity contribution >= 4 is 45.2 Å². The van der Waals surface area contributed by atoms with Crippen molar-refractivity contribution in [2.75, 3.05) is 12.4 Å². The molecule has 0 radical (unpaired) electrons. The Morgan fingerprint density at radius 3 is 2.70 bits per heavy atom. The highest BCUT2D eigenvalue weighted by molar-refractivity contribution is 9.10. The van der Waals surface area contributed by atoms with E-state index in [1.54, 1.807) is 49.6 Å². The molecule has 2 aromatic carbocycles. The van der Waals surface area contributed by atoms with E-state index in [9.17, 15) is 10.1 Å². The lowest BCUT2D eigenvalue weighted by atomic mass is 10.1. The second-order valence-corrected chi connectivity index (χ2v) is 5.76. The second-order valence-electron chi connectivity index (χ2n) is 4.50. The van der Waals surface area contributed by atoms with Gasteiger partial charge in [0.05, 0.1) is 22.3 Å². The summed E-state index contributed by atoms with van der Waals surface area (Å²) in [6, 6.07) is 14.0. The van der Waals surface area contributed by atoms with Gasteiger partial charge >= 0.3 is 0 Å². The molecule has 6 heteroatoms. The molecule has 0 atom stereocenters. The van der Waals surface area contributed by atoms with Crippen LogP contribution in [0.4, 0.5) is 5.69 Å². The maximum Gasteiger partial charge on any atom is 0.266 e. The van der Waals surface area contributed by atoms with Crippen molar-refractivity contribution in [1.82, 2.24) is 0 Å². The number of methoxy groups -OCH3 is 1. The first-order valence-corrected chi connectivity index (χ1v) is 7.73. The summed E-state index contributed by atoms with van der Waals surface area (Å²) >= 11 is 9.36. The molecule has 0 saturated carbocycles. The number of hydrogen-bond acceptors (Lipinski definition) is 3. The molecule has 0 fully saturated rings. The molecule has 0 aliphatic carbocycles. The first kappa shape index (κ1) is 17.1. The number of para-hydroxylation sites is 1. The van der Waals surface area contributed by atoms with Crippen molar-refractivity contribution in [1.29, 1.82) is 5.26 Å². The third-order valence-electron chi connectivity index (χ3n) is 2.97. The molecule has 1 N–H and O–H groups in total. The molecule has 0 aromatic heterocycles. The molecule has 116 valence electrons. The zero-order valence-corrected chi connectivity index (χ0v) is 14.5. The van der Waals surface area contributed by atoms with E-state index < -0.39 is 5.91 Å². The summed E-state index contributed by atoms with van der Waals surface area (Å²) in [5, 5.41) is 12.3. The molecule has 0 bridgehead atoms. The number of benzene rings is 2. The van der Waals surface area contributed by atoms with Crippen LogP contribution >= 0.6 is 27.5 Å². The van der Waals surface area contributed by atoms with E-state index in [0.717, 1.165) is 4.47 Å². The van der Waals surface area contributed by atoms with Crippen LogP contribution in [0.2, 0.25) is 5.02 Å². The van der Waals surface area contributed by atoms with E-state index in [-0.39, 0.29) is 5.57 Å². The van der Waals surface area contributed by atoms with Gasteiger partial charge in [-0.3, -0.25) is 4.79 Å². The SMILES string of the molecule is COc1ccc(/C=C(/C#N)C(=O)Nc2ccccc2Cl)cc1Br. The van der Waals surface area contributed by atoms with Crippen molar-refractivity contribution in [3.63, 3.8) is 0 Å². The van der Waals surface area contributed by atoms with Crippen molar-refractivity contribution in [3.8, 4) is 11.8 Å². The summed E-state index contributed by atoms with van der Waals surface area (Å²) in [7, 11) is 1.56. The van der Waals surface area contributed by atoms with Gasteiger partial charge in [-0.25, -0.2) is 0 Å². The minimum Gasteiger partial charge on any atom is -0.496 e. The molecular formula is C17H12BrClN2O2. The predicted octanol–water partition coefficient (Wildman–Crippen LogP) is 4.66. The number of amides is 1. The summed E-state index contributed by atoms with van der Waals surface area (Å²) in [5.41, 5.74) is 1.13. The molecule has 0 spiro atoms.